The fourth-order valence-corrected chi connectivity index (χ4v) is 2.44. The summed E-state index contributed by atoms with van der Waals surface area (Å²) in [6.07, 6.45) is 1.06. The number of benzene rings is 1. The minimum absolute atomic E-state index is 0.100. The highest BCUT2D eigenvalue weighted by atomic mass is 16.3. The van der Waals surface area contributed by atoms with Gasteiger partial charge in [0.1, 0.15) is 0 Å². The van der Waals surface area contributed by atoms with E-state index in [0.29, 0.717) is 25.1 Å². The van der Waals surface area contributed by atoms with Crippen molar-refractivity contribution in [3.63, 3.8) is 0 Å². The van der Waals surface area contributed by atoms with E-state index in [1.807, 2.05) is 6.92 Å². The number of amides is 1. The van der Waals surface area contributed by atoms with Crippen LogP contribution in [0.4, 0.5) is 0 Å². The Hall–Kier alpha value is -1.75. The van der Waals surface area contributed by atoms with E-state index in [-0.39, 0.29) is 29.4 Å². The van der Waals surface area contributed by atoms with Crippen LogP contribution in [0.25, 0.3) is 0 Å². The molecule has 1 aliphatic heterocycles. The van der Waals surface area contributed by atoms with Crippen LogP contribution in [0.2, 0.25) is 0 Å². The smallest absolute Gasteiger partial charge is 0.254 e. The lowest BCUT2D eigenvalue weighted by Crippen LogP contribution is -2.45. The number of aromatic hydroxyl groups is 2. The van der Waals surface area contributed by atoms with Gasteiger partial charge in [0.15, 0.2) is 11.5 Å². The Kier molecular flexibility index (Phi) is 3.95. The highest BCUT2D eigenvalue weighted by Crippen LogP contribution is 2.27. The largest absolute Gasteiger partial charge is 0.504 e. The number of phenols is 2. The van der Waals surface area contributed by atoms with Gasteiger partial charge in [-0.3, -0.25) is 4.79 Å². The first-order valence-electron chi connectivity index (χ1n) is 6.52. The predicted molar refractivity (Wildman–Crippen MR) is 70.1 cm³/mol. The van der Waals surface area contributed by atoms with E-state index < -0.39 is 0 Å². The van der Waals surface area contributed by atoms with Crippen LogP contribution in [-0.4, -0.2) is 45.3 Å². The first kappa shape index (κ1) is 13.7. The third-order valence-corrected chi connectivity index (χ3v) is 3.73. The Morgan fingerprint density at radius 1 is 1.37 bits per heavy atom. The Labute approximate surface area is 112 Å². The van der Waals surface area contributed by atoms with E-state index >= 15 is 0 Å². The van der Waals surface area contributed by atoms with Crippen LogP contribution in [0.15, 0.2) is 18.2 Å². The van der Waals surface area contributed by atoms with E-state index in [2.05, 4.69) is 0 Å². The summed E-state index contributed by atoms with van der Waals surface area (Å²) in [6.45, 7) is 3.03. The SMILES string of the molecule is CCC1CN(C(=O)c2ccc(O)c(O)c2)CCC1O. The van der Waals surface area contributed by atoms with Gasteiger partial charge in [-0.2, -0.15) is 0 Å². The third kappa shape index (κ3) is 2.81. The van der Waals surface area contributed by atoms with Crippen molar-refractivity contribution < 1.29 is 20.1 Å². The van der Waals surface area contributed by atoms with Crippen LogP contribution in [0.5, 0.6) is 11.5 Å². The highest BCUT2D eigenvalue weighted by molar-refractivity contribution is 5.95. The molecule has 3 N–H and O–H groups in total. The fraction of sp³-hybridized carbons (Fsp3) is 0.500. The van der Waals surface area contributed by atoms with Gasteiger partial charge >= 0.3 is 0 Å². The van der Waals surface area contributed by atoms with Gasteiger partial charge < -0.3 is 20.2 Å². The molecule has 0 spiro atoms. The maximum Gasteiger partial charge on any atom is 0.254 e. The van der Waals surface area contributed by atoms with Gasteiger partial charge in [-0.05, 0) is 31.0 Å². The number of piperidine rings is 1. The van der Waals surface area contributed by atoms with Crippen LogP contribution >= 0.6 is 0 Å². The second-order valence-corrected chi connectivity index (χ2v) is 4.98. The van der Waals surface area contributed by atoms with Gasteiger partial charge in [0.2, 0.25) is 0 Å². The van der Waals surface area contributed by atoms with Gasteiger partial charge in [0.05, 0.1) is 6.10 Å². The molecule has 2 unspecified atom stereocenters. The summed E-state index contributed by atoms with van der Waals surface area (Å²) < 4.78 is 0. The molecular formula is C14H19NO4. The molecule has 104 valence electrons. The zero-order chi connectivity index (χ0) is 14.0. The number of carbonyl (C=O) groups is 1. The van der Waals surface area contributed by atoms with Crippen molar-refractivity contribution in [2.24, 2.45) is 5.92 Å². The van der Waals surface area contributed by atoms with Crippen LogP contribution in [0, 0.1) is 5.92 Å². The normalized spacial score (nSPS) is 23.4. The molecule has 1 heterocycles. The number of aliphatic hydroxyl groups excluding tert-OH is 1. The molecule has 1 amide bonds. The van der Waals surface area contributed by atoms with E-state index in [0.717, 1.165) is 6.42 Å². The molecule has 1 aromatic carbocycles. The minimum atomic E-state index is -0.345. The van der Waals surface area contributed by atoms with Crippen molar-refractivity contribution in [2.75, 3.05) is 13.1 Å². The zero-order valence-electron chi connectivity index (χ0n) is 10.9. The first-order chi connectivity index (χ1) is 9.02. The van der Waals surface area contributed by atoms with Crippen LogP contribution in [0.1, 0.15) is 30.1 Å². The lowest BCUT2D eigenvalue weighted by Gasteiger charge is -2.35. The predicted octanol–water partition coefficient (Wildman–Crippen LogP) is 1.33. The maximum absolute atomic E-state index is 12.3. The number of hydrogen-bond donors (Lipinski definition) is 3. The molecule has 1 aromatic rings. The molecule has 0 bridgehead atoms. The standard InChI is InChI=1S/C14H19NO4/c1-2-9-8-15(6-5-11(9)16)14(19)10-3-4-12(17)13(18)7-10/h3-4,7,9,11,16-18H,2,5-6,8H2,1H3. The summed E-state index contributed by atoms with van der Waals surface area (Å²) in [7, 11) is 0. The van der Waals surface area contributed by atoms with Crippen LogP contribution < -0.4 is 0 Å². The summed E-state index contributed by atoms with van der Waals surface area (Å²) in [5.41, 5.74) is 0.349. The number of hydrogen-bond acceptors (Lipinski definition) is 4. The number of rotatable bonds is 2. The number of likely N-dealkylation sites (tertiary alicyclic amines) is 1. The molecule has 1 aliphatic rings. The second kappa shape index (κ2) is 5.48. The second-order valence-electron chi connectivity index (χ2n) is 4.98. The van der Waals surface area contributed by atoms with Crippen molar-refractivity contribution in [3.05, 3.63) is 23.8 Å². The molecule has 1 saturated heterocycles. The van der Waals surface area contributed by atoms with Crippen LogP contribution in [-0.2, 0) is 0 Å². The molecule has 0 aliphatic carbocycles. The molecule has 1 fully saturated rings. The van der Waals surface area contributed by atoms with Gasteiger partial charge in [-0.25, -0.2) is 0 Å². The number of phenolic OH excluding ortho intramolecular Hbond substituents is 2. The Morgan fingerprint density at radius 3 is 2.74 bits per heavy atom. The fourth-order valence-electron chi connectivity index (χ4n) is 2.44. The maximum atomic E-state index is 12.3. The molecule has 5 nitrogen and oxygen atoms in total. The topological polar surface area (TPSA) is 81.0 Å². The Morgan fingerprint density at radius 2 is 2.11 bits per heavy atom. The molecular weight excluding hydrogens is 246 g/mol. The molecule has 0 saturated carbocycles. The summed E-state index contributed by atoms with van der Waals surface area (Å²) >= 11 is 0. The van der Waals surface area contributed by atoms with Gasteiger partial charge in [0.25, 0.3) is 5.91 Å². The monoisotopic (exact) mass is 265 g/mol. The molecule has 2 rings (SSSR count). The van der Waals surface area contributed by atoms with E-state index in [9.17, 15) is 20.1 Å². The van der Waals surface area contributed by atoms with E-state index in [4.69, 9.17) is 0 Å². The van der Waals surface area contributed by atoms with Crippen LogP contribution in [0.3, 0.4) is 0 Å². The number of carbonyl (C=O) groups excluding carboxylic acids is 1. The molecule has 2 atom stereocenters. The highest BCUT2D eigenvalue weighted by Gasteiger charge is 2.29. The quantitative estimate of drug-likeness (QED) is 0.705. The summed E-state index contributed by atoms with van der Waals surface area (Å²) in [4.78, 5) is 14.0. The molecule has 0 aromatic heterocycles. The summed E-state index contributed by atoms with van der Waals surface area (Å²) in [5.74, 6) is -0.615. The van der Waals surface area contributed by atoms with Gasteiger partial charge in [-0.15, -0.1) is 0 Å². The number of aliphatic hydroxyl groups is 1. The third-order valence-electron chi connectivity index (χ3n) is 3.73. The molecule has 5 heteroatoms. The Balaban J connectivity index is 2.13. The molecule has 19 heavy (non-hydrogen) atoms. The van der Waals surface area contributed by atoms with Crippen molar-refractivity contribution in [1.82, 2.24) is 4.90 Å². The van der Waals surface area contributed by atoms with E-state index in [1.54, 1.807) is 4.90 Å². The average molecular weight is 265 g/mol. The molecule has 0 radical (unpaired) electrons. The minimum Gasteiger partial charge on any atom is -0.504 e. The van der Waals surface area contributed by atoms with Crippen molar-refractivity contribution in [2.45, 2.75) is 25.9 Å². The van der Waals surface area contributed by atoms with Gasteiger partial charge in [-0.1, -0.05) is 6.92 Å². The zero-order valence-corrected chi connectivity index (χ0v) is 10.9. The van der Waals surface area contributed by atoms with Crippen molar-refractivity contribution >= 4 is 5.91 Å². The average Bonchev–Trinajstić information content (AvgIpc) is 2.41. The van der Waals surface area contributed by atoms with E-state index in [1.165, 1.54) is 18.2 Å². The van der Waals surface area contributed by atoms with Crippen molar-refractivity contribution in [1.29, 1.82) is 0 Å². The summed E-state index contributed by atoms with van der Waals surface area (Å²) in [5, 5.41) is 28.5. The lowest BCUT2D eigenvalue weighted by molar-refractivity contribution is 0.0229. The first-order valence-corrected chi connectivity index (χ1v) is 6.52. The summed E-state index contributed by atoms with van der Waals surface area (Å²) in [6, 6.07) is 4.06. The van der Waals surface area contributed by atoms with Crippen molar-refractivity contribution in [3.8, 4) is 11.5 Å². The lowest BCUT2D eigenvalue weighted by atomic mass is 9.92. The number of nitrogens with zero attached hydrogens (tertiary/aromatic N) is 1. The van der Waals surface area contributed by atoms with Gasteiger partial charge in [0, 0.05) is 24.6 Å². The Bertz CT molecular complexity index is 475.